The number of hydrogen-bond acceptors (Lipinski definition) is 4. The number of carboxylic acids is 1. The van der Waals surface area contributed by atoms with Crippen LogP contribution in [0.3, 0.4) is 0 Å². The van der Waals surface area contributed by atoms with E-state index in [4.69, 9.17) is 9.84 Å². The molecule has 2 atom stereocenters. The molecule has 1 aromatic rings. The van der Waals surface area contributed by atoms with E-state index in [2.05, 4.69) is 5.32 Å². The van der Waals surface area contributed by atoms with E-state index in [0.29, 0.717) is 17.7 Å². The molecule has 6 heteroatoms. The van der Waals surface area contributed by atoms with Crippen molar-refractivity contribution in [3.05, 3.63) is 29.8 Å². The van der Waals surface area contributed by atoms with Gasteiger partial charge < -0.3 is 15.2 Å². The Kier molecular flexibility index (Phi) is 6.75. The third kappa shape index (κ3) is 6.10. The average Bonchev–Trinajstić information content (AvgIpc) is 2.46. The molecule has 1 rings (SSSR count). The number of rotatable bonds is 8. The van der Waals surface area contributed by atoms with Gasteiger partial charge in [0.25, 0.3) is 5.91 Å². The van der Waals surface area contributed by atoms with Gasteiger partial charge in [0.2, 0.25) is 0 Å². The van der Waals surface area contributed by atoms with Crippen molar-refractivity contribution in [3.8, 4) is 5.75 Å². The lowest BCUT2D eigenvalue weighted by Gasteiger charge is -2.20. The van der Waals surface area contributed by atoms with Crippen molar-refractivity contribution >= 4 is 17.7 Å². The van der Waals surface area contributed by atoms with Gasteiger partial charge in [-0.25, -0.2) is 4.79 Å². The number of nitrogens with one attached hydrogen (secondary N) is 1. The predicted octanol–water partition coefficient (Wildman–Crippen LogP) is 2.27. The standard InChI is InChI=1S/C17H23NO5/c1-10(2)8-15(17(21)22)18-16(20)12(4)23-14-7-5-6-13(9-14)11(3)19/h5-7,9-10,12,15H,8H2,1-4H3,(H,18,20)(H,21,22)/t12?,15-/m0/s1. The lowest BCUT2D eigenvalue weighted by Crippen LogP contribution is -2.46. The minimum absolute atomic E-state index is 0.101. The zero-order chi connectivity index (χ0) is 17.6. The summed E-state index contributed by atoms with van der Waals surface area (Å²) in [5, 5.41) is 11.6. The molecule has 0 aliphatic heterocycles. The molecule has 0 aliphatic rings. The molecule has 0 aromatic heterocycles. The van der Waals surface area contributed by atoms with Gasteiger partial charge in [0.15, 0.2) is 11.9 Å². The molecule has 0 saturated heterocycles. The summed E-state index contributed by atoms with van der Waals surface area (Å²) in [7, 11) is 0. The summed E-state index contributed by atoms with van der Waals surface area (Å²) < 4.78 is 5.50. The number of carbonyl (C=O) groups excluding carboxylic acids is 2. The van der Waals surface area contributed by atoms with E-state index in [-0.39, 0.29) is 11.7 Å². The summed E-state index contributed by atoms with van der Waals surface area (Å²) in [6, 6.07) is 5.56. The quantitative estimate of drug-likeness (QED) is 0.717. The molecule has 0 heterocycles. The summed E-state index contributed by atoms with van der Waals surface area (Å²) in [6.45, 7) is 6.74. The monoisotopic (exact) mass is 321 g/mol. The Balaban J connectivity index is 2.71. The van der Waals surface area contributed by atoms with Gasteiger partial charge in [0.05, 0.1) is 0 Å². The van der Waals surface area contributed by atoms with Crippen molar-refractivity contribution in [1.82, 2.24) is 5.32 Å². The van der Waals surface area contributed by atoms with Crippen molar-refractivity contribution in [1.29, 1.82) is 0 Å². The number of carboxylic acid groups (broad SMARTS) is 1. The molecule has 6 nitrogen and oxygen atoms in total. The van der Waals surface area contributed by atoms with Crippen LogP contribution in [-0.2, 0) is 9.59 Å². The highest BCUT2D eigenvalue weighted by Gasteiger charge is 2.24. The Morgan fingerprint density at radius 1 is 1.22 bits per heavy atom. The Labute approximate surface area is 135 Å². The number of Topliss-reactive ketones (excluding diaryl/α,β-unsaturated/α-hetero) is 1. The summed E-state index contributed by atoms with van der Waals surface area (Å²) in [4.78, 5) is 34.6. The lowest BCUT2D eigenvalue weighted by molar-refractivity contribution is -0.143. The van der Waals surface area contributed by atoms with Gasteiger partial charge in [-0.05, 0) is 38.3 Å². The topological polar surface area (TPSA) is 92.7 Å². The van der Waals surface area contributed by atoms with Crippen LogP contribution in [0, 0.1) is 5.92 Å². The molecular weight excluding hydrogens is 298 g/mol. The van der Waals surface area contributed by atoms with Crippen LogP contribution >= 0.6 is 0 Å². The van der Waals surface area contributed by atoms with Crippen molar-refractivity contribution in [3.63, 3.8) is 0 Å². The normalized spacial score (nSPS) is 13.3. The largest absolute Gasteiger partial charge is 0.481 e. The molecule has 2 N–H and O–H groups in total. The van der Waals surface area contributed by atoms with E-state index in [0.717, 1.165) is 0 Å². The van der Waals surface area contributed by atoms with Gasteiger partial charge in [0, 0.05) is 5.56 Å². The van der Waals surface area contributed by atoms with Crippen molar-refractivity contribution in [2.45, 2.75) is 46.3 Å². The molecule has 0 fully saturated rings. The lowest BCUT2D eigenvalue weighted by atomic mass is 10.0. The maximum absolute atomic E-state index is 12.1. The van der Waals surface area contributed by atoms with Crippen LogP contribution in [0.1, 0.15) is 44.5 Å². The molecule has 0 spiro atoms. The molecule has 0 radical (unpaired) electrons. The molecule has 0 saturated carbocycles. The highest BCUT2D eigenvalue weighted by atomic mass is 16.5. The van der Waals surface area contributed by atoms with E-state index in [9.17, 15) is 14.4 Å². The molecule has 0 aliphatic carbocycles. The summed E-state index contributed by atoms with van der Waals surface area (Å²) >= 11 is 0. The average molecular weight is 321 g/mol. The summed E-state index contributed by atoms with van der Waals surface area (Å²) in [5.41, 5.74) is 0.485. The Morgan fingerprint density at radius 3 is 2.39 bits per heavy atom. The van der Waals surface area contributed by atoms with Gasteiger partial charge in [-0.2, -0.15) is 0 Å². The Morgan fingerprint density at radius 2 is 1.87 bits per heavy atom. The fraction of sp³-hybridized carbons (Fsp3) is 0.471. The van der Waals surface area contributed by atoms with Gasteiger partial charge >= 0.3 is 5.97 Å². The van der Waals surface area contributed by atoms with Gasteiger partial charge in [-0.1, -0.05) is 26.0 Å². The van der Waals surface area contributed by atoms with Gasteiger partial charge in [-0.3, -0.25) is 9.59 Å². The first-order valence-electron chi connectivity index (χ1n) is 7.51. The number of amides is 1. The number of ketones is 1. The fourth-order valence-electron chi connectivity index (χ4n) is 2.03. The first-order chi connectivity index (χ1) is 10.7. The van der Waals surface area contributed by atoms with Crippen LogP contribution in [0.25, 0.3) is 0 Å². The highest BCUT2D eigenvalue weighted by molar-refractivity contribution is 5.94. The summed E-state index contributed by atoms with van der Waals surface area (Å²) in [6.07, 6.45) is -0.528. The second-order valence-corrected chi connectivity index (χ2v) is 5.87. The minimum Gasteiger partial charge on any atom is -0.481 e. The number of aliphatic carboxylic acids is 1. The second-order valence-electron chi connectivity index (χ2n) is 5.87. The molecule has 0 bridgehead atoms. The van der Waals surface area contributed by atoms with Crippen molar-refractivity contribution in [2.24, 2.45) is 5.92 Å². The Bertz CT molecular complexity index is 582. The zero-order valence-corrected chi connectivity index (χ0v) is 13.8. The number of benzene rings is 1. The SMILES string of the molecule is CC(=O)c1cccc(OC(C)C(=O)N[C@@H](CC(C)C)C(=O)O)c1. The van der Waals surface area contributed by atoms with E-state index in [1.165, 1.54) is 13.8 Å². The van der Waals surface area contributed by atoms with Crippen LogP contribution in [0.2, 0.25) is 0 Å². The van der Waals surface area contributed by atoms with Crippen molar-refractivity contribution in [2.75, 3.05) is 0 Å². The van der Waals surface area contributed by atoms with Crippen LogP contribution in [-0.4, -0.2) is 34.9 Å². The van der Waals surface area contributed by atoms with Crippen LogP contribution in [0.5, 0.6) is 5.75 Å². The molecule has 23 heavy (non-hydrogen) atoms. The first kappa shape index (κ1) is 18.7. The molecule has 126 valence electrons. The van der Waals surface area contributed by atoms with Gasteiger partial charge in [0.1, 0.15) is 11.8 Å². The Hall–Kier alpha value is -2.37. The maximum atomic E-state index is 12.1. The smallest absolute Gasteiger partial charge is 0.326 e. The van der Waals surface area contributed by atoms with E-state index in [1.807, 2.05) is 13.8 Å². The molecular formula is C17H23NO5. The molecule has 1 aromatic carbocycles. The summed E-state index contributed by atoms with van der Waals surface area (Å²) in [5.74, 6) is -1.16. The van der Waals surface area contributed by atoms with E-state index >= 15 is 0 Å². The zero-order valence-electron chi connectivity index (χ0n) is 13.8. The van der Waals surface area contributed by atoms with Crippen LogP contribution in [0.15, 0.2) is 24.3 Å². The fourth-order valence-corrected chi connectivity index (χ4v) is 2.03. The third-order valence-electron chi connectivity index (χ3n) is 3.24. The maximum Gasteiger partial charge on any atom is 0.326 e. The minimum atomic E-state index is -1.07. The molecule has 1 unspecified atom stereocenters. The third-order valence-corrected chi connectivity index (χ3v) is 3.24. The highest BCUT2D eigenvalue weighted by Crippen LogP contribution is 2.15. The first-order valence-corrected chi connectivity index (χ1v) is 7.51. The van der Waals surface area contributed by atoms with E-state index < -0.39 is 24.0 Å². The van der Waals surface area contributed by atoms with Crippen molar-refractivity contribution < 1.29 is 24.2 Å². The predicted molar refractivity (Wildman–Crippen MR) is 85.6 cm³/mol. The van der Waals surface area contributed by atoms with Crippen LogP contribution < -0.4 is 10.1 Å². The van der Waals surface area contributed by atoms with Gasteiger partial charge in [-0.15, -0.1) is 0 Å². The number of hydrogen-bond donors (Lipinski definition) is 2. The van der Waals surface area contributed by atoms with E-state index in [1.54, 1.807) is 24.3 Å². The number of carbonyl (C=O) groups is 3. The molecule has 1 amide bonds. The second kappa shape index (κ2) is 8.31. The van der Waals surface area contributed by atoms with Crippen LogP contribution in [0.4, 0.5) is 0 Å². The number of ether oxygens (including phenoxy) is 1.